The van der Waals surface area contributed by atoms with Gasteiger partial charge >= 0.3 is 0 Å². The number of nitrogens with one attached hydrogen (secondary N) is 2. The van der Waals surface area contributed by atoms with Crippen LogP contribution < -0.4 is 5.32 Å². The van der Waals surface area contributed by atoms with Gasteiger partial charge in [0.25, 0.3) is 0 Å². The fraction of sp³-hybridized carbons (Fsp3) is 0.0500. The fourth-order valence-electron chi connectivity index (χ4n) is 2.89. The first-order chi connectivity index (χ1) is 12.3. The molecule has 120 valence electrons. The molecule has 0 aliphatic heterocycles. The molecule has 25 heavy (non-hydrogen) atoms. The number of hydrogen-bond acceptors (Lipinski definition) is 4. The minimum atomic E-state index is 0.627. The molecule has 0 amide bonds. The van der Waals surface area contributed by atoms with Crippen molar-refractivity contribution in [2.75, 3.05) is 5.32 Å². The molecule has 4 aromatic rings. The first kappa shape index (κ1) is 14.9. The van der Waals surface area contributed by atoms with Crippen LogP contribution in [0.5, 0.6) is 0 Å². The number of hydrogen-bond donors (Lipinski definition) is 2. The van der Waals surface area contributed by atoms with Crippen LogP contribution in [0, 0.1) is 18.3 Å². The van der Waals surface area contributed by atoms with E-state index in [0.717, 1.165) is 39.1 Å². The van der Waals surface area contributed by atoms with Gasteiger partial charge in [0.05, 0.1) is 16.8 Å². The van der Waals surface area contributed by atoms with Crippen molar-refractivity contribution in [3.05, 3.63) is 72.1 Å². The minimum absolute atomic E-state index is 0.627. The van der Waals surface area contributed by atoms with E-state index in [1.165, 1.54) is 0 Å². The van der Waals surface area contributed by atoms with E-state index in [-0.39, 0.29) is 0 Å². The van der Waals surface area contributed by atoms with Crippen LogP contribution in [0.25, 0.3) is 22.2 Å². The summed E-state index contributed by atoms with van der Waals surface area (Å²) >= 11 is 0. The number of aryl methyl sites for hydroxylation is 1. The van der Waals surface area contributed by atoms with Gasteiger partial charge in [-0.15, -0.1) is 0 Å². The molecule has 0 aliphatic carbocycles. The zero-order valence-corrected chi connectivity index (χ0v) is 13.6. The highest BCUT2D eigenvalue weighted by Gasteiger charge is 2.10. The Balaban J connectivity index is 1.79. The van der Waals surface area contributed by atoms with E-state index in [4.69, 9.17) is 0 Å². The van der Waals surface area contributed by atoms with E-state index in [9.17, 15) is 5.26 Å². The maximum atomic E-state index is 9.34. The number of aromatic amines is 1. The summed E-state index contributed by atoms with van der Waals surface area (Å²) in [7, 11) is 0. The predicted octanol–water partition coefficient (Wildman–Crippen LogP) is 4.55. The van der Waals surface area contributed by atoms with Gasteiger partial charge in [0.15, 0.2) is 0 Å². The van der Waals surface area contributed by atoms with Crippen LogP contribution in [0.15, 0.2) is 60.9 Å². The number of para-hydroxylation sites is 1. The second-order valence-electron chi connectivity index (χ2n) is 5.80. The first-order valence-electron chi connectivity index (χ1n) is 7.91. The third-order valence-electron chi connectivity index (χ3n) is 4.18. The lowest BCUT2D eigenvalue weighted by Gasteiger charge is -2.11. The monoisotopic (exact) mass is 325 g/mol. The number of rotatable bonds is 3. The van der Waals surface area contributed by atoms with Gasteiger partial charge in [-0.1, -0.05) is 12.1 Å². The average Bonchev–Trinajstić information content (AvgIpc) is 3.07. The zero-order chi connectivity index (χ0) is 17.2. The van der Waals surface area contributed by atoms with Crippen molar-refractivity contribution in [1.29, 1.82) is 5.26 Å². The number of H-pyrrole nitrogens is 1. The molecule has 2 aromatic heterocycles. The summed E-state index contributed by atoms with van der Waals surface area (Å²) in [6.45, 7) is 1.99. The molecule has 0 saturated carbocycles. The Hall–Kier alpha value is -3.65. The van der Waals surface area contributed by atoms with E-state index < -0.39 is 0 Å². The number of nitrogens with zero attached hydrogens (tertiary/aromatic N) is 3. The Morgan fingerprint density at radius 3 is 2.72 bits per heavy atom. The largest absolute Gasteiger partial charge is 0.354 e. The quantitative estimate of drug-likeness (QED) is 0.579. The van der Waals surface area contributed by atoms with Crippen LogP contribution in [0.4, 0.5) is 11.4 Å². The predicted molar refractivity (Wildman–Crippen MR) is 98.5 cm³/mol. The minimum Gasteiger partial charge on any atom is -0.354 e. The number of pyridine rings is 1. The van der Waals surface area contributed by atoms with Gasteiger partial charge in [0.2, 0.25) is 0 Å². The Morgan fingerprint density at radius 2 is 1.92 bits per heavy atom. The Morgan fingerprint density at radius 1 is 1.08 bits per heavy atom. The third kappa shape index (κ3) is 2.70. The fourth-order valence-corrected chi connectivity index (χ4v) is 2.89. The lowest BCUT2D eigenvalue weighted by Crippen LogP contribution is -1.96. The van der Waals surface area contributed by atoms with Gasteiger partial charge in [-0.05, 0) is 48.9 Å². The summed E-state index contributed by atoms with van der Waals surface area (Å²) in [5.41, 5.74) is 6.25. The molecule has 0 bridgehead atoms. The number of aromatic nitrogens is 3. The smallest absolute Gasteiger partial charge is 0.101 e. The number of nitriles is 1. The number of benzene rings is 2. The van der Waals surface area contributed by atoms with Crippen LogP contribution in [-0.4, -0.2) is 15.2 Å². The summed E-state index contributed by atoms with van der Waals surface area (Å²) in [6.07, 6.45) is 3.51. The van der Waals surface area contributed by atoms with Gasteiger partial charge in [-0.3, -0.25) is 10.1 Å². The van der Waals surface area contributed by atoms with E-state index in [0.29, 0.717) is 5.56 Å². The van der Waals surface area contributed by atoms with Crippen LogP contribution in [0.2, 0.25) is 0 Å². The normalized spacial score (nSPS) is 10.6. The molecule has 5 heteroatoms. The Labute approximate surface area is 145 Å². The SMILES string of the molecule is Cc1cccc(C#N)c1Nc1ccc2[nH]nc(-c3ccncc3)c2c1. The molecular weight excluding hydrogens is 310 g/mol. The van der Waals surface area contributed by atoms with Crippen LogP contribution in [-0.2, 0) is 0 Å². The number of anilines is 2. The number of fused-ring (bicyclic) bond motifs is 1. The molecule has 2 heterocycles. The van der Waals surface area contributed by atoms with Gasteiger partial charge in [-0.25, -0.2) is 0 Å². The highest BCUT2D eigenvalue weighted by Crippen LogP contribution is 2.30. The first-order valence-corrected chi connectivity index (χ1v) is 7.91. The molecule has 0 atom stereocenters. The Kier molecular flexibility index (Phi) is 3.64. The maximum Gasteiger partial charge on any atom is 0.101 e. The molecule has 5 nitrogen and oxygen atoms in total. The second-order valence-corrected chi connectivity index (χ2v) is 5.80. The van der Waals surface area contributed by atoms with Crippen molar-refractivity contribution in [1.82, 2.24) is 15.2 Å². The molecule has 0 radical (unpaired) electrons. The van der Waals surface area contributed by atoms with E-state index in [1.807, 2.05) is 55.5 Å². The standard InChI is InChI=1S/C20H15N5/c1-13-3-2-4-15(12-21)19(13)23-16-5-6-18-17(11-16)20(25-24-18)14-7-9-22-10-8-14/h2-11,23H,1H3,(H,24,25). The maximum absolute atomic E-state index is 9.34. The molecular formula is C20H15N5. The third-order valence-corrected chi connectivity index (χ3v) is 4.18. The molecule has 0 unspecified atom stereocenters. The molecule has 0 aliphatic rings. The summed E-state index contributed by atoms with van der Waals surface area (Å²) in [6, 6.07) is 17.8. The molecule has 4 rings (SSSR count). The van der Waals surface area contributed by atoms with Crippen molar-refractivity contribution < 1.29 is 0 Å². The van der Waals surface area contributed by atoms with Crippen molar-refractivity contribution in [3.63, 3.8) is 0 Å². The van der Waals surface area contributed by atoms with Gasteiger partial charge in [0, 0.05) is 29.0 Å². The zero-order valence-electron chi connectivity index (χ0n) is 13.6. The summed E-state index contributed by atoms with van der Waals surface area (Å²) < 4.78 is 0. The second kappa shape index (κ2) is 6.10. The summed E-state index contributed by atoms with van der Waals surface area (Å²) in [5, 5.41) is 21.2. The van der Waals surface area contributed by atoms with Crippen molar-refractivity contribution in [2.45, 2.75) is 6.92 Å². The molecule has 2 N–H and O–H groups in total. The highest BCUT2D eigenvalue weighted by atomic mass is 15.1. The highest BCUT2D eigenvalue weighted by molar-refractivity contribution is 5.95. The lowest BCUT2D eigenvalue weighted by molar-refractivity contribution is 1.12. The summed E-state index contributed by atoms with van der Waals surface area (Å²) in [4.78, 5) is 4.06. The molecule has 0 saturated heterocycles. The van der Waals surface area contributed by atoms with Crippen LogP contribution in [0.3, 0.4) is 0 Å². The molecule has 0 fully saturated rings. The average molecular weight is 325 g/mol. The lowest BCUT2D eigenvalue weighted by atomic mass is 10.1. The summed E-state index contributed by atoms with van der Waals surface area (Å²) in [5.74, 6) is 0. The van der Waals surface area contributed by atoms with E-state index >= 15 is 0 Å². The van der Waals surface area contributed by atoms with E-state index in [1.54, 1.807) is 12.4 Å². The van der Waals surface area contributed by atoms with Gasteiger partial charge < -0.3 is 5.32 Å². The van der Waals surface area contributed by atoms with Crippen molar-refractivity contribution in [2.24, 2.45) is 0 Å². The molecule has 2 aromatic carbocycles. The van der Waals surface area contributed by atoms with Crippen LogP contribution >= 0.6 is 0 Å². The van der Waals surface area contributed by atoms with E-state index in [2.05, 4.69) is 26.6 Å². The van der Waals surface area contributed by atoms with Crippen molar-refractivity contribution in [3.8, 4) is 17.3 Å². The Bertz CT molecular complexity index is 1090. The van der Waals surface area contributed by atoms with Crippen molar-refractivity contribution >= 4 is 22.3 Å². The molecule has 0 spiro atoms. The topological polar surface area (TPSA) is 77.4 Å². The van der Waals surface area contributed by atoms with Crippen LogP contribution in [0.1, 0.15) is 11.1 Å². The van der Waals surface area contributed by atoms with Gasteiger partial charge in [0.1, 0.15) is 11.8 Å². The van der Waals surface area contributed by atoms with Gasteiger partial charge in [-0.2, -0.15) is 10.4 Å².